The molecule has 5 nitrogen and oxygen atoms in total. The lowest BCUT2D eigenvalue weighted by molar-refractivity contribution is -0.122. The van der Waals surface area contributed by atoms with Crippen LogP contribution in [-0.4, -0.2) is 42.4 Å². The average Bonchev–Trinajstić information content (AvgIpc) is 2.69. The molecular weight excluding hydrogens is 326 g/mol. The van der Waals surface area contributed by atoms with Crippen molar-refractivity contribution < 1.29 is 9.59 Å². The SMILES string of the molecule is O=C(CN1CCCCC1)N/N=C\C(=O)c1ccc(-c2ccccc2)cc1. The Morgan fingerprint density at radius 2 is 1.58 bits per heavy atom. The summed E-state index contributed by atoms with van der Waals surface area (Å²) in [6, 6.07) is 17.3. The summed E-state index contributed by atoms with van der Waals surface area (Å²) >= 11 is 0. The van der Waals surface area contributed by atoms with Gasteiger partial charge < -0.3 is 0 Å². The van der Waals surface area contributed by atoms with E-state index in [2.05, 4.69) is 15.4 Å². The maximum atomic E-state index is 12.2. The quantitative estimate of drug-likeness (QED) is 0.495. The van der Waals surface area contributed by atoms with Gasteiger partial charge in [-0.3, -0.25) is 14.5 Å². The number of benzene rings is 2. The molecule has 3 rings (SSSR count). The van der Waals surface area contributed by atoms with Crippen molar-refractivity contribution in [3.05, 3.63) is 60.2 Å². The molecule has 2 aromatic rings. The number of carbonyl (C=O) groups excluding carboxylic acids is 2. The number of nitrogens with zero attached hydrogens (tertiary/aromatic N) is 2. The molecule has 1 N–H and O–H groups in total. The Labute approximate surface area is 153 Å². The molecule has 1 aliphatic rings. The van der Waals surface area contributed by atoms with E-state index in [1.54, 1.807) is 12.1 Å². The van der Waals surface area contributed by atoms with Crippen molar-refractivity contribution in [1.82, 2.24) is 10.3 Å². The van der Waals surface area contributed by atoms with E-state index < -0.39 is 0 Å². The lowest BCUT2D eigenvalue weighted by Crippen LogP contribution is -2.38. The monoisotopic (exact) mass is 349 g/mol. The fourth-order valence-electron chi connectivity index (χ4n) is 3.05. The van der Waals surface area contributed by atoms with Gasteiger partial charge in [0.15, 0.2) is 0 Å². The van der Waals surface area contributed by atoms with Crippen LogP contribution in [0.3, 0.4) is 0 Å². The van der Waals surface area contributed by atoms with Crippen molar-refractivity contribution in [2.45, 2.75) is 19.3 Å². The number of rotatable bonds is 6. The normalized spacial score (nSPS) is 15.1. The zero-order valence-corrected chi connectivity index (χ0v) is 14.7. The standard InChI is InChI=1S/C21H23N3O2/c25-20(15-22-23-21(26)16-24-13-5-2-6-14-24)19-11-9-18(10-12-19)17-7-3-1-4-8-17/h1,3-4,7-12,15H,2,5-6,13-14,16H2,(H,23,26)/b22-15-. The van der Waals surface area contributed by atoms with Crippen molar-refractivity contribution in [3.63, 3.8) is 0 Å². The lowest BCUT2D eigenvalue weighted by Gasteiger charge is -2.25. The molecule has 0 bridgehead atoms. The summed E-state index contributed by atoms with van der Waals surface area (Å²) < 4.78 is 0. The highest BCUT2D eigenvalue weighted by Gasteiger charge is 2.13. The van der Waals surface area contributed by atoms with Crippen molar-refractivity contribution in [2.75, 3.05) is 19.6 Å². The molecule has 0 unspecified atom stereocenters. The van der Waals surface area contributed by atoms with Crippen molar-refractivity contribution in [1.29, 1.82) is 0 Å². The molecule has 1 saturated heterocycles. The van der Waals surface area contributed by atoms with Gasteiger partial charge in [0.05, 0.1) is 12.8 Å². The molecule has 0 aromatic heterocycles. The molecule has 26 heavy (non-hydrogen) atoms. The van der Waals surface area contributed by atoms with Gasteiger partial charge in [-0.25, -0.2) is 5.43 Å². The average molecular weight is 349 g/mol. The maximum Gasteiger partial charge on any atom is 0.254 e. The molecule has 1 amide bonds. The molecule has 5 heteroatoms. The largest absolute Gasteiger partial charge is 0.294 e. The highest BCUT2D eigenvalue weighted by Crippen LogP contribution is 2.19. The predicted molar refractivity (Wildman–Crippen MR) is 103 cm³/mol. The number of piperidine rings is 1. The van der Waals surface area contributed by atoms with Gasteiger partial charge in [0.1, 0.15) is 0 Å². The summed E-state index contributed by atoms with van der Waals surface area (Å²) in [7, 11) is 0. The first-order valence-corrected chi connectivity index (χ1v) is 8.96. The number of Topliss-reactive ketones (excluding diaryl/α,β-unsaturated/α-hetero) is 1. The molecule has 1 aliphatic heterocycles. The van der Waals surface area contributed by atoms with Gasteiger partial charge in [-0.15, -0.1) is 0 Å². The second kappa shape index (κ2) is 9.06. The summed E-state index contributed by atoms with van der Waals surface area (Å²) in [6.45, 7) is 2.23. The Kier molecular flexibility index (Phi) is 6.28. The van der Waals surface area contributed by atoms with E-state index in [1.807, 2.05) is 42.5 Å². The highest BCUT2D eigenvalue weighted by molar-refractivity contribution is 6.35. The molecule has 0 aliphatic carbocycles. The van der Waals surface area contributed by atoms with Crippen molar-refractivity contribution in [3.8, 4) is 11.1 Å². The number of nitrogens with one attached hydrogen (secondary N) is 1. The topological polar surface area (TPSA) is 61.8 Å². The smallest absolute Gasteiger partial charge is 0.254 e. The van der Waals surface area contributed by atoms with E-state index in [4.69, 9.17) is 0 Å². The van der Waals surface area contributed by atoms with E-state index >= 15 is 0 Å². The number of likely N-dealkylation sites (tertiary alicyclic amines) is 1. The Morgan fingerprint density at radius 3 is 2.27 bits per heavy atom. The minimum absolute atomic E-state index is 0.185. The summed E-state index contributed by atoms with van der Waals surface area (Å²) in [5.41, 5.74) is 5.13. The number of hydrogen-bond donors (Lipinski definition) is 1. The van der Waals surface area contributed by atoms with E-state index in [9.17, 15) is 9.59 Å². The van der Waals surface area contributed by atoms with Gasteiger partial charge in [0.2, 0.25) is 5.78 Å². The molecule has 0 atom stereocenters. The Bertz CT molecular complexity index is 764. The minimum Gasteiger partial charge on any atom is -0.294 e. The second-order valence-corrected chi connectivity index (χ2v) is 6.44. The van der Waals surface area contributed by atoms with Crippen LogP contribution in [0.2, 0.25) is 0 Å². The Morgan fingerprint density at radius 1 is 0.923 bits per heavy atom. The number of hydrogen-bond acceptors (Lipinski definition) is 4. The van der Waals surface area contributed by atoms with E-state index in [0.29, 0.717) is 12.1 Å². The molecular formula is C21H23N3O2. The van der Waals surface area contributed by atoms with Crippen LogP contribution in [0.5, 0.6) is 0 Å². The fraction of sp³-hybridized carbons (Fsp3) is 0.286. The number of hydrazone groups is 1. The molecule has 0 spiro atoms. The van der Waals surface area contributed by atoms with Crippen molar-refractivity contribution in [2.24, 2.45) is 5.10 Å². The molecule has 134 valence electrons. The van der Waals surface area contributed by atoms with Crippen LogP contribution >= 0.6 is 0 Å². The first-order valence-electron chi connectivity index (χ1n) is 8.96. The molecule has 2 aromatic carbocycles. The summed E-state index contributed by atoms with van der Waals surface area (Å²) in [5.74, 6) is -0.418. The maximum absolute atomic E-state index is 12.2. The molecule has 0 saturated carbocycles. The summed E-state index contributed by atoms with van der Waals surface area (Å²) in [6.07, 6.45) is 4.65. The third-order valence-electron chi connectivity index (χ3n) is 4.46. The first kappa shape index (κ1) is 18.0. The predicted octanol–water partition coefficient (Wildman–Crippen LogP) is 3.12. The summed E-state index contributed by atoms with van der Waals surface area (Å²) in [5, 5.41) is 3.79. The zero-order valence-electron chi connectivity index (χ0n) is 14.7. The summed E-state index contributed by atoms with van der Waals surface area (Å²) in [4.78, 5) is 26.1. The van der Waals surface area contributed by atoms with E-state index in [1.165, 1.54) is 6.42 Å². The van der Waals surface area contributed by atoms with Gasteiger partial charge in [0.25, 0.3) is 5.91 Å². The zero-order chi connectivity index (χ0) is 18.2. The van der Waals surface area contributed by atoms with Crippen LogP contribution in [0.15, 0.2) is 59.7 Å². The van der Waals surface area contributed by atoms with Gasteiger partial charge in [-0.05, 0) is 37.1 Å². The van der Waals surface area contributed by atoms with E-state index in [0.717, 1.165) is 43.3 Å². The van der Waals surface area contributed by atoms with Gasteiger partial charge in [-0.1, -0.05) is 61.0 Å². The van der Waals surface area contributed by atoms with E-state index in [-0.39, 0.29) is 11.7 Å². The minimum atomic E-state index is -0.233. The Hall–Kier alpha value is -2.79. The lowest BCUT2D eigenvalue weighted by atomic mass is 10.0. The third-order valence-corrected chi connectivity index (χ3v) is 4.46. The van der Waals surface area contributed by atoms with Crippen LogP contribution in [0.1, 0.15) is 29.6 Å². The second-order valence-electron chi connectivity index (χ2n) is 6.44. The number of amides is 1. The molecule has 1 heterocycles. The molecule has 1 fully saturated rings. The van der Waals surface area contributed by atoms with Gasteiger partial charge >= 0.3 is 0 Å². The first-order chi connectivity index (χ1) is 12.7. The Balaban J connectivity index is 1.51. The number of ketones is 1. The van der Waals surface area contributed by atoms with Crippen LogP contribution in [0.4, 0.5) is 0 Å². The van der Waals surface area contributed by atoms with Gasteiger partial charge in [0, 0.05) is 5.56 Å². The van der Waals surface area contributed by atoms with Gasteiger partial charge in [-0.2, -0.15) is 5.10 Å². The van der Waals surface area contributed by atoms with Crippen LogP contribution in [0.25, 0.3) is 11.1 Å². The van der Waals surface area contributed by atoms with Crippen LogP contribution < -0.4 is 5.43 Å². The van der Waals surface area contributed by atoms with Crippen LogP contribution in [-0.2, 0) is 4.79 Å². The fourth-order valence-corrected chi connectivity index (χ4v) is 3.05. The highest BCUT2D eigenvalue weighted by atomic mass is 16.2. The van der Waals surface area contributed by atoms with Crippen molar-refractivity contribution >= 4 is 17.9 Å². The third kappa shape index (κ3) is 5.10. The number of carbonyl (C=O) groups is 2. The van der Waals surface area contributed by atoms with Crippen LogP contribution in [0, 0.1) is 0 Å². The molecule has 0 radical (unpaired) electrons.